The van der Waals surface area contributed by atoms with Gasteiger partial charge in [-0.3, -0.25) is 4.79 Å². The van der Waals surface area contributed by atoms with Crippen molar-refractivity contribution in [3.63, 3.8) is 0 Å². The summed E-state index contributed by atoms with van der Waals surface area (Å²) < 4.78 is 5.92. The Morgan fingerprint density at radius 3 is 2.54 bits per heavy atom. The van der Waals surface area contributed by atoms with Gasteiger partial charge in [0.2, 0.25) is 0 Å². The molecule has 2 aromatic rings. The Morgan fingerprint density at radius 2 is 1.89 bits per heavy atom. The number of amides is 1. The zero-order chi connectivity index (χ0) is 20.1. The zero-order valence-corrected chi connectivity index (χ0v) is 16.7. The lowest BCUT2D eigenvalue weighted by Crippen LogP contribution is -2.37. The number of rotatable bonds is 6. The van der Waals surface area contributed by atoms with Crippen molar-refractivity contribution in [3.05, 3.63) is 53.6 Å². The van der Waals surface area contributed by atoms with Gasteiger partial charge in [0.05, 0.1) is 5.56 Å². The van der Waals surface area contributed by atoms with Crippen LogP contribution < -0.4 is 15.0 Å². The third-order valence-corrected chi connectivity index (χ3v) is 5.04. The van der Waals surface area contributed by atoms with Gasteiger partial charge >= 0.3 is 0 Å². The number of nitrogens with zero attached hydrogens (tertiary/aromatic N) is 2. The van der Waals surface area contributed by atoms with E-state index in [-0.39, 0.29) is 11.8 Å². The van der Waals surface area contributed by atoms with Crippen molar-refractivity contribution >= 4 is 17.3 Å². The highest BCUT2D eigenvalue weighted by Crippen LogP contribution is 2.27. The molecule has 28 heavy (non-hydrogen) atoms. The number of anilines is 2. The first kappa shape index (κ1) is 19.8. The molecule has 1 unspecified atom stereocenters. The van der Waals surface area contributed by atoms with E-state index >= 15 is 0 Å². The number of hydrogen-bond acceptors (Lipinski definition) is 4. The molecule has 0 bridgehead atoms. The van der Waals surface area contributed by atoms with Crippen LogP contribution in [0.15, 0.2) is 42.5 Å². The van der Waals surface area contributed by atoms with Gasteiger partial charge in [0.15, 0.2) is 6.10 Å². The molecule has 5 heteroatoms. The number of benzene rings is 2. The fraction of sp³-hybridized carbons (Fsp3) is 0.391. The minimum absolute atomic E-state index is 0.0447. The van der Waals surface area contributed by atoms with Crippen molar-refractivity contribution in [1.29, 1.82) is 5.26 Å². The molecular formula is C23H27N3O2. The van der Waals surface area contributed by atoms with E-state index in [1.807, 2.05) is 26.0 Å². The minimum atomic E-state index is -0.687. The molecule has 1 saturated heterocycles. The number of aryl methyl sites for hydroxylation is 1. The maximum atomic E-state index is 12.9. The number of hydrogen-bond donors (Lipinski definition) is 1. The third-order valence-electron chi connectivity index (χ3n) is 5.04. The highest BCUT2D eigenvalue weighted by atomic mass is 16.5. The first-order valence-electron chi connectivity index (χ1n) is 9.82. The van der Waals surface area contributed by atoms with Crippen LogP contribution in [0.1, 0.15) is 37.8 Å². The fourth-order valence-electron chi connectivity index (χ4n) is 3.55. The average molecular weight is 377 g/mol. The maximum Gasteiger partial charge on any atom is 0.265 e. The topological polar surface area (TPSA) is 65.4 Å². The van der Waals surface area contributed by atoms with E-state index in [1.54, 1.807) is 24.3 Å². The molecule has 0 saturated carbocycles. The lowest BCUT2D eigenvalue weighted by atomic mass is 10.1. The average Bonchev–Trinajstić information content (AvgIpc) is 3.20. The van der Waals surface area contributed by atoms with Gasteiger partial charge in [-0.05, 0) is 61.6 Å². The Bertz CT molecular complexity index is 880. The molecule has 3 rings (SSSR count). The summed E-state index contributed by atoms with van der Waals surface area (Å²) in [4.78, 5) is 15.3. The number of carbonyl (C=O) groups is 1. The van der Waals surface area contributed by atoms with E-state index in [4.69, 9.17) is 4.74 Å². The molecule has 1 amide bonds. The Kier molecular flexibility index (Phi) is 6.20. The monoisotopic (exact) mass is 377 g/mol. The highest BCUT2D eigenvalue weighted by Gasteiger charge is 2.25. The molecule has 5 nitrogen and oxygen atoms in total. The lowest BCUT2D eigenvalue weighted by molar-refractivity contribution is -0.124. The quantitative estimate of drug-likeness (QED) is 0.804. The van der Waals surface area contributed by atoms with Crippen LogP contribution in [0.5, 0.6) is 5.75 Å². The summed E-state index contributed by atoms with van der Waals surface area (Å²) in [5, 5.41) is 12.2. The van der Waals surface area contributed by atoms with Gasteiger partial charge in [0.1, 0.15) is 11.8 Å². The summed E-state index contributed by atoms with van der Waals surface area (Å²) in [6.07, 6.45) is 1.78. The third kappa shape index (κ3) is 4.45. The Labute approximate surface area is 166 Å². The van der Waals surface area contributed by atoms with E-state index in [1.165, 1.54) is 18.5 Å². The highest BCUT2D eigenvalue weighted by molar-refractivity contribution is 5.95. The molecule has 0 aromatic heterocycles. The summed E-state index contributed by atoms with van der Waals surface area (Å²) in [6, 6.07) is 15.1. The predicted octanol–water partition coefficient (Wildman–Crippen LogP) is 4.51. The number of ether oxygens (including phenoxy) is 1. The van der Waals surface area contributed by atoms with Crippen LogP contribution in [-0.2, 0) is 4.79 Å². The van der Waals surface area contributed by atoms with Crippen LogP contribution in [-0.4, -0.2) is 25.1 Å². The van der Waals surface area contributed by atoms with E-state index in [9.17, 15) is 10.1 Å². The molecular weight excluding hydrogens is 350 g/mol. The second-order valence-corrected chi connectivity index (χ2v) is 7.58. The molecule has 1 heterocycles. The van der Waals surface area contributed by atoms with Crippen LogP contribution >= 0.6 is 0 Å². The number of nitrogens with one attached hydrogen (secondary N) is 1. The standard InChI is InChI=1S/C23H27N3O2/c1-16(2)22(28-21-9-5-4-8-18(21)15-24)23(27)25-19-10-11-20(17(3)14-19)26-12-6-7-13-26/h4-5,8-11,14,16,22H,6-7,12-13H2,1-3H3,(H,25,27). The number of nitriles is 1. The van der Waals surface area contributed by atoms with Crippen LogP contribution in [0.25, 0.3) is 0 Å². The largest absolute Gasteiger partial charge is 0.479 e. The molecule has 0 radical (unpaired) electrons. The van der Waals surface area contributed by atoms with Gasteiger partial charge in [0.25, 0.3) is 5.91 Å². The summed E-state index contributed by atoms with van der Waals surface area (Å²) >= 11 is 0. The number of para-hydroxylation sites is 1. The molecule has 0 aliphatic carbocycles. The molecule has 146 valence electrons. The second kappa shape index (κ2) is 8.79. The van der Waals surface area contributed by atoms with E-state index < -0.39 is 6.10 Å². The first-order chi connectivity index (χ1) is 13.5. The summed E-state index contributed by atoms with van der Waals surface area (Å²) in [6.45, 7) is 8.12. The van der Waals surface area contributed by atoms with Gasteiger partial charge in [-0.25, -0.2) is 0 Å². The lowest BCUT2D eigenvalue weighted by Gasteiger charge is -2.23. The van der Waals surface area contributed by atoms with Gasteiger partial charge in [-0.15, -0.1) is 0 Å². The van der Waals surface area contributed by atoms with Crippen molar-refractivity contribution in [2.75, 3.05) is 23.3 Å². The van der Waals surface area contributed by atoms with Gasteiger partial charge in [0, 0.05) is 24.5 Å². The van der Waals surface area contributed by atoms with Crippen molar-refractivity contribution in [2.45, 2.75) is 39.7 Å². The van der Waals surface area contributed by atoms with E-state index in [0.717, 1.165) is 24.3 Å². The Morgan fingerprint density at radius 1 is 1.18 bits per heavy atom. The second-order valence-electron chi connectivity index (χ2n) is 7.58. The van der Waals surface area contributed by atoms with Crippen LogP contribution in [0.4, 0.5) is 11.4 Å². The van der Waals surface area contributed by atoms with Crippen molar-refractivity contribution < 1.29 is 9.53 Å². The molecule has 1 fully saturated rings. The first-order valence-corrected chi connectivity index (χ1v) is 9.82. The molecule has 1 N–H and O–H groups in total. The molecule has 1 atom stereocenters. The normalized spacial score (nSPS) is 14.6. The van der Waals surface area contributed by atoms with Gasteiger partial charge in [-0.2, -0.15) is 5.26 Å². The molecule has 2 aromatic carbocycles. The maximum absolute atomic E-state index is 12.9. The van der Waals surface area contributed by atoms with Crippen LogP contribution in [0.2, 0.25) is 0 Å². The van der Waals surface area contributed by atoms with Crippen molar-refractivity contribution in [3.8, 4) is 11.8 Å². The van der Waals surface area contributed by atoms with Crippen molar-refractivity contribution in [1.82, 2.24) is 0 Å². The SMILES string of the molecule is Cc1cc(NC(=O)C(Oc2ccccc2C#N)C(C)C)ccc1N1CCCC1. The van der Waals surface area contributed by atoms with Gasteiger partial charge < -0.3 is 15.0 Å². The van der Waals surface area contributed by atoms with Gasteiger partial charge in [-0.1, -0.05) is 26.0 Å². The Balaban J connectivity index is 1.74. The Hall–Kier alpha value is -3.00. The summed E-state index contributed by atoms with van der Waals surface area (Å²) in [5.41, 5.74) is 3.56. The predicted molar refractivity (Wildman–Crippen MR) is 112 cm³/mol. The fourth-order valence-corrected chi connectivity index (χ4v) is 3.55. The summed E-state index contributed by atoms with van der Waals surface area (Å²) in [5.74, 6) is 0.173. The minimum Gasteiger partial charge on any atom is -0.479 e. The number of carbonyl (C=O) groups excluding carboxylic acids is 1. The molecule has 1 aliphatic heterocycles. The van der Waals surface area contributed by atoms with Crippen molar-refractivity contribution in [2.24, 2.45) is 5.92 Å². The van der Waals surface area contributed by atoms with E-state index in [0.29, 0.717) is 11.3 Å². The molecule has 1 aliphatic rings. The van der Waals surface area contributed by atoms with E-state index in [2.05, 4.69) is 29.3 Å². The smallest absolute Gasteiger partial charge is 0.265 e. The zero-order valence-electron chi connectivity index (χ0n) is 16.7. The van der Waals surface area contributed by atoms with Crippen LogP contribution in [0.3, 0.4) is 0 Å². The summed E-state index contributed by atoms with van der Waals surface area (Å²) in [7, 11) is 0. The van der Waals surface area contributed by atoms with Crippen LogP contribution in [0, 0.1) is 24.2 Å². The molecule has 0 spiro atoms.